The van der Waals surface area contributed by atoms with Crippen LogP contribution in [0.2, 0.25) is 0 Å². The minimum Gasteiger partial charge on any atom is -0.441 e. The number of furan rings is 1. The topological polar surface area (TPSA) is 66.2 Å². The van der Waals surface area contributed by atoms with Crippen LogP contribution in [0, 0.1) is 13.8 Å². The van der Waals surface area contributed by atoms with Gasteiger partial charge in [-0.1, -0.05) is 24.3 Å². The largest absolute Gasteiger partial charge is 0.441 e. The molecule has 0 unspecified atom stereocenters. The van der Waals surface area contributed by atoms with Crippen molar-refractivity contribution in [2.75, 3.05) is 41.0 Å². The Hall–Kier alpha value is -3.75. The Morgan fingerprint density at radius 3 is 2.20 bits per heavy atom. The van der Waals surface area contributed by atoms with Gasteiger partial charge in [0, 0.05) is 19.2 Å². The van der Waals surface area contributed by atoms with Gasteiger partial charge >= 0.3 is 0 Å². The lowest BCUT2D eigenvalue weighted by molar-refractivity contribution is -0.120. The summed E-state index contributed by atoms with van der Waals surface area (Å²) in [4.78, 5) is 32.2. The Morgan fingerprint density at radius 2 is 1.51 bits per heavy atom. The van der Waals surface area contributed by atoms with Crippen molar-refractivity contribution in [3.05, 3.63) is 83.1 Å². The highest BCUT2D eigenvalue weighted by Crippen LogP contribution is 2.31. The number of carbonyl (C=O) groups excluding carboxylic acids is 2. The summed E-state index contributed by atoms with van der Waals surface area (Å²) in [6, 6.07) is 18.4. The molecule has 1 aromatic heterocycles. The van der Waals surface area contributed by atoms with Crippen molar-refractivity contribution in [1.29, 1.82) is 0 Å². The molecule has 2 amide bonds. The van der Waals surface area contributed by atoms with Crippen molar-refractivity contribution in [2.45, 2.75) is 13.8 Å². The van der Waals surface area contributed by atoms with E-state index in [1.165, 1.54) is 15.9 Å². The molecule has 2 aromatic carbocycles. The number of ether oxygens (including phenoxy) is 1. The Labute approximate surface area is 209 Å². The maximum Gasteiger partial charge on any atom is 0.270 e. The zero-order valence-corrected chi connectivity index (χ0v) is 20.4. The molecule has 2 aliphatic heterocycles. The number of benzene rings is 2. The molecule has 0 saturated carbocycles. The van der Waals surface area contributed by atoms with Crippen molar-refractivity contribution in [3.8, 4) is 0 Å². The van der Waals surface area contributed by atoms with E-state index in [4.69, 9.17) is 21.4 Å². The van der Waals surface area contributed by atoms with E-state index in [0.717, 1.165) is 24.2 Å². The van der Waals surface area contributed by atoms with Crippen molar-refractivity contribution >= 4 is 52.5 Å². The number of rotatable bonds is 4. The molecule has 0 spiro atoms. The van der Waals surface area contributed by atoms with Crippen molar-refractivity contribution in [1.82, 2.24) is 0 Å². The molecule has 7 nitrogen and oxygen atoms in total. The first-order chi connectivity index (χ1) is 16.9. The monoisotopic (exact) mass is 487 g/mol. The zero-order valence-electron chi connectivity index (χ0n) is 19.6. The van der Waals surface area contributed by atoms with E-state index in [9.17, 15) is 9.59 Å². The first kappa shape index (κ1) is 23.0. The molecule has 3 aromatic rings. The van der Waals surface area contributed by atoms with Gasteiger partial charge in [-0.25, -0.2) is 0 Å². The Bertz CT molecular complexity index is 1330. The van der Waals surface area contributed by atoms with Gasteiger partial charge in [0.1, 0.15) is 11.3 Å². The third-order valence-corrected chi connectivity index (χ3v) is 6.60. The molecule has 0 bridgehead atoms. The fraction of sp³-hybridized carbons (Fsp3) is 0.222. The highest BCUT2D eigenvalue weighted by molar-refractivity contribution is 7.81. The van der Waals surface area contributed by atoms with Crippen molar-refractivity contribution in [2.24, 2.45) is 0 Å². The molecule has 3 heterocycles. The van der Waals surface area contributed by atoms with Crippen LogP contribution in [0.4, 0.5) is 17.3 Å². The summed E-state index contributed by atoms with van der Waals surface area (Å²) >= 11 is 5.69. The van der Waals surface area contributed by atoms with E-state index >= 15 is 0 Å². The van der Waals surface area contributed by atoms with Gasteiger partial charge in [0.15, 0.2) is 11.0 Å². The summed E-state index contributed by atoms with van der Waals surface area (Å²) in [5.74, 6) is 0.122. The van der Waals surface area contributed by atoms with Crippen LogP contribution in [0.5, 0.6) is 0 Å². The number of hydrogen-bond acceptors (Lipinski definition) is 6. The van der Waals surface area contributed by atoms with Gasteiger partial charge in [0.25, 0.3) is 11.8 Å². The third-order valence-electron chi connectivity index (χ3n) is 6.23. The van der Waals surface area contributed by atoms with Gasteiger partial charge in [-0.05, 0) is 73.6 Å². The molecule has 0 N–H and O–H groups in total. The van der Waals surface area contributed by atoms with Gasteiger partial charge in [-0.2, -0.15) is 0 Å². The van der Waals surface area contributed by atoms with E-state index < -0.39 is 11.8 Å². The minimum absolute atomic E-state index is 0.0245. The molecule has 2 fully saturated rings. The molecule has 5 rings (SSSR count). The number of morpholine rings is 1. The van der Waals surface area contributed by atoms with E-state index in [1.54, 1.807) is 18.2 Å². The number of carbonyl (C=O) groups is 2. The zero-order chi connectivity index (χ0) is 24.5. The molecule has 0 aliphatic carbocycles. The molecule has 0 atom stereocenters. The van der Waals surface area contributed by atoms with Crippen LogP contribution in [-0.4, -0.2) is 43.2 Å². The SMILES string of the molecule is Cc1ccc(N2C(=O)/C(=C\c3ccc(N4CCOCC4)o3)C(=O)N(c3ccccc3)C2=S)cc1C. The molecule has 35 heavy (non-hydrogen) atoms. The van der Waals surface area contributed by atoms with Gasteiger partial charge < -0.3 is 14.1 Å². The maximum absolute atomic E-state index is 13.7. The lowest BCUT2D eigenvalue weighted by Gasteiger charge is -2.36. The Kier molecular flexibility index (Phi) is 6.23. The molecular weight excluding hydrogens is 462 g/mol. The predicted molar refractivity (Wildman–Crippen MR) is 140 cm³/mol. The predicted octanol–water partition coefficient (Wildman–Crippen LogP) is 4.48. The van der Waals surface area contributed by atoms with Crippen LogP contribution in [0.3, 0.4) is 0 Å². The minimum atomic E-state index is -0.490. The van der Waals surface area contributed by atoms with E-state index in [0.29, 0.717) is 36.2 Å². The number of amides is 2. The number of para-hydroxylation sites is 1. The number of aryl methyl sites for hydroxylation is 2. The molecule has 2 saturated heterocycles. The highest BCUT2D eigenvalue weighted by atomic mass is 32.1. The average Bonchev–Trinajstić information content (AvgIpc) is 3.34. The van der Waals surface area contributed by atoms with E-state index in [2.05, 4.69) is 4.90 Å². The second-order valence-corrected chi connectivity index (χ2v) is 8.87. The molecule has 178 valence electrons. The summed E-state index contributed by atoms with van der Waals surface area (Å²) in [5, 5.41) is 0.111. The fourth-order valence-electron chi connectivity index (χ4n) is 4.14. The number of hydrogen-bond donors (Lipinski definition) is 0. The second-order valence-electron chi connectivity index (χ2n) is 8.50. The number of thiocarbonyl (C=S) groups is 1. The second kappa shape index (κ2) is 9.48. The van der Waals surface area contributed by atoms with Gasteiger partial charge in [0.05, 0.1) is 24.6 Å². The lowest BCUT2D eigenvalue weighted by Crippen LogP contribution is -2.57. The molecule has 8 heteroatoms. The quantitative estimate of drug-likeness (QED) is 0.307. The number of anilines is 3. The maximum atomic E-state index is 13.7. The van der Waals surface area contributed by atoms with Crippen LogP contribution in [-0.2, 0) is 14.3 Å². The summed E-state index contributed by atoms with van der Waals surface area (Å²) in [7, 11) is 0. The molecular formula is C27H25N3O4S. The van der Waals surface area contributed by atoms with Crippen LogP contribution in [0.15, 0.2) is 70.7 Å². The van der Waals surface area contributed by atoms with Crippen LogP contribution in [0.25, 0.3) is 6.08 Å². The number of nitrogens with zero attached hydrogens (tertiary/aromatic N) is 3. The van der Waals surface area contributed by atoms with Crippen molar-refractivity contribution < 1.29 is 18.7 Å². The summed E-state index contributed by atoms with van der Waals surface area (Å²) in [6.07, 6.45) is 1.50. The smallest absolute Gasteiger partial charge is 0.270 e. The first-order valence-corrected chi connectivity index (χ1v) is 11.8. The fourth-order valence-corrected chi connectivity index (χ4v) is 4.52. The van der Waals surface area contributed by atoms with Crippen LogP contribution in [0.1, 0.15) is 16.9 Å². The third kappa shape index (κ3) is 4.38. The van der Waals surface area contributed by atoms with Gasteiger partial charge in [0.2, 0.25) is 0 Å². The normalized spacial score (nSPS) is 18.1. The lowest BCUT2D eigenvalue weighted by atomic mass is 10.1. The van der Waals surface area contributed by atoms with Gasteiger partial charge in [-0.3, -0.25) is 19.4 Å². The van der Waals surface area contributed by atoms with E-state index in [1.807, 2.05) is 56.3 Å². The summed E-state index contributed by atoms with van der Waals surface area (Å²) in [6.45, 7) is 6.67. The highest BCUT2D eigenvalue weighted by Gasteiger charge is 2.41. The van der Waals surface area contributed by atoms with Crippen molar-refractivity contribution in [3.63, 3.8) is 0 Å². The first-order valence-electron chi connectivity index (χ1n) is 11.4. The van der Waals surface area contributed by atoms with Gasteiger partial charge in [-0.15, -0.1) is 0 Å². The van der Waals surface area contributed by atoms with Crippen LogP contribution >= 0.6 is 12.2 Å². The average molecular weight is 488 g/mol. The summed E-state index contributed by atoms with van der Waals surface area (Å²) < 4.78 is 11.4. The molecule has 2 aliphatic rings. The Balaban J connectivity index is 1.57. The Morgan fingerprint density at radius 1 is 0.829 bits per heavy atom. The van der Waals surface area contributed by atoms with Crippen LogP contribution < -0.4 is 14.7 Å². The molecule has 0 radical (unpaired) electrons. The van der Waals surface area contributed by atoms with E-state index in [-0.39, 0.29) is 10.7 Å². The summed E-state index contributed by atoms with van der Waals surface area (Å²) in [5.41, 5.74) is 3.29. The standard InChI is InChI=1S/C27H25N3O4S/c1-18-8-9-21(16-19(18)2)30-26(32)23(25(31)29(27(30)35)20-6-4-3-5-7-20)17-22-10-11-24(34-22)28-12-14-33-15-13-28/h3-11,16-17H,12-15H2,1-2H3/b23-17-.